The molecule has 0 spiro atoms. The molecular weight excluding hydrogens is 359 g/mol. The summed E-state index contributed by atoms with van der Waals surface area (Å²) in [5.41, 5.74) is 0.276. The van der Waals surface area contributed by atoms with Crippen LogP contribution in [0.25, 0.3) is 0 Å². The number of benzene rings is 2. The molecule has 1 fully saturated rings. The minimum absolute atomic E-state index is 0.178. The van der Waals surface area contributed by atoms with Crippen LogP contribution in [0.4, 0.5) is 5.69 Å². The standard InChI is InChI=1S/C19H18Cl2N2O2/c1-12(13-6-3-2-4-7-13)22-17(24)19(10-11-19)18(25)23-16-14(20)8-5-9-15(16)21/h2-9,12H,10-11H2,1H3,(H,22,24)(H,23,25). The second-order valence-corrected chi connectivity index (χ2v) is 7.05. The van der Waals surface area contributed by atoms with Crippen molar-refractivity contribution in [1.29, 1.82) is 0 Å². The number of para-hydroxylation sites is 1. The van der Waals surface area contributed by atoms with Crippen LogP contribution in [-0.4, -0.2) is 11.8 Å². The van der Waals surface area contributed by atoms with E-state index in [1.807, 2.05) is 37.3 Å². The van der Waals surface area contributed by atoms with E-state index in [-0.39, 0.29) is 17.9 Å². The molecule has 1 atom stereocenters. The van der Waals surface area contributed by atoms with Crippen molar-refractivity contribution in [2.75, 3.05) is 5.32 Å². The van der Waals surface area contributed by atoms with Crippen molar-refractivity contribution in [2.24, 2.45) is 5.41 Å². The van der Waals surface area contributed by atoms with Gasteiger partial charge in [-0.1, -0.05) is 59.6 Å². The van der Waals surface area contributed by atoms with Crippen LogP contribution in [0.2, 0.25) is 10.0 Å². The van der Waals surface area contributed by atoms with Crippen molar-refractivity contribution in [1.82, 2.24) is 5.32 Å². The van der Waals surface area contributed by atoms with Crippen LogP contribution in [0, 0.1) is 5.41 Å². The number of halogens is 2. The molecule has 2 aromatic carbocycles. The normalized spacial score (nSPS) is 16.0. The number of carbonyl (C=O) groups is 2. The Hall–Kier alpha value is -2.04. The molecule has 3 rings (SSSR count). The number of rotatable bonds is 5. The van der Waals surface area contributed by atoms with Crippen LogP contribution in [0.3, 0.4) is 0 Å². The second kappa shape index (κ2) is 7.06. The van der Waals surface area contributed by atoms with Gasteiger partial charge in [0.1, 0.15) is 5.41 Å². The van der Waals surface area contributed by atoms with Gasteiger partial charge in [0.05, 0.1) is 21.8 Å². The van der Waals surface area contributed by atoms with Crippen LogP contribution in [0.1, 0.15) is 31.4 Å². The Morgan fingerprint density at radius 1 is 0.960 bits per heavy atom. The molecule has 130 valence electrons. The molecule has 0 aliphatic heterocycles. The predicted octanol–water partition coefficient (Wildman–Crippen LogP) is 4.59. The molecule has 1 aliphatic carbocycles. The molecule has 1 unspecified atom stereocenters. The quantitative estimate of drug-likeness (QED) is 0.749. The van der Waals surface area contributed by atoms with Gasteiger partial charge >= 0.3 is 0 Å². The average molecular weight is 377 g/mol. The summed E-state index contributed by atoms with van der Waals surface area (Å²) in [5.74, 6) is -0.648. The van der Waals surface area contributed by atoms with E-state index in [1.54, 1.807) is 18.2 Å². The second-order valence-electron chi connectivity index (χ2n) is 6.24. The number of carbonyl (C=O) groups excluding carboxylic acids is 2. The lowest BCUT2D eigenvalue weighted by atomic mass is 10.0. The third-order valence-electron chi connectivity index (χ3n) is 4.47. The van der Waals surface area contributed by atoms with Gasteiger partial charge in [-0.25, -0.2) is 0 Å². The highest BCUT2D eigenvalue weighted by Crippen LogP contribution is 2.48. The summed E-state index contributed by atoms with van der Waals surface area (Å²) in [6.07, 6.45) is 1.02. The monoisotopic (exact) mass is 376 g/mol. The topological polar surface area (TPSA) is 58.2 Å². The molecule has 0 aromatic heterocycles. The Kier molecular flexibility index (Phi) is 5.02. The molecule has 0 radical (unpaired) electrons. The van der Waals surface area contributed by atoms with E-state index in [4.69, 9.17) is 23.2 Å². The lowest BCUT2D eigenvalue weighted by molar-refractivity contribution is -0.134. The van der Waals surface area contributed by atoms with Gasteiger partial charge in [-0.05, 0) is 37.5 Å². The van der Waals surface area contributed by atoms with E-state index < -0.39 is 5.41 Å². The minimum atomic E-state index is -1.05. The fourth-order valence-electron chi connectivity index (χ4n) is 2.69. The first kappa shape index (κ1) is 17.8. The Morgan fingerprint density at radius 2 is 1.56 bits per heavy atom. The zero-order chi connectivity index (χ0) is 18.0. The van der Waals surface area contributed by atoms with E-state index in [2.05, 4.69) is 10.6 Å². The average Bonchev–Trinajstić information content (AvgIpc) is 3.41. The van der Waals surface area contributed by atoms with Gasteiger partial charge in [-0.15, -0.1) is 0 Å². The lowest BCUT2D eigenvalue weighted by Gasteiger charge is -2.20. The Balaban J connectivity index is 1.71. The number of hydrogen-bond donors (Lipinski definition) is 2. The van der Waals surface area contributed by atoms with Crippen LogP contribution >= 0.6 is 23.2 Å². The highest BCUT2D eigenvalue weighted by Gasteiger charge is 2.56. The molecule has 1 saturated carbocycles. The zero-order valence-corrected chi connectivity index (χ0v) is 15.2. The van der Waals surface area contributed by atoms with Crippen LogP contribution in [0.5, 0.6) is 0 Å². The maximum atomic E-state index is 12.7. The molecular formula is C19H18Cl2N2O2. The molecule has 0 bridgehead atoms. The Bertz CT molecular complexity index is 784. The molecule has 4 nitrogen and oxygen atoms in total. The highest BCUT2D eigenvalue weighted by atomic mass is 35.5. The molecule has 0 saturated heterocycles. The summed E-state index contributed by atoms with van der Waals surface area (Å²) >= 11 is 12.2. The van der Waals surface area contributed by atoms with Gasteiger partial charge in [0.2, 0.25) is 11.8 Å². The van der Waals surface area contributed by atoms with Crippen molar-refractivity contribution < 1.29 is 9.59 Å². The Morgan fingerprint density at radius 3 is 2.12 bits per heavy atom. The summed E-state index contributed by atoms with van der Waals surface area (Å²) in [7, 11) is 0. The summed E-state index contributed by atoms with van der Waals surface area (Å²) < 4.78 is 0. The van der Waals surface area contributed by atoms with Gasteiger partial charge in [0, 0.05) is 0 Å². The van der Waals surface area contributed by atoms with Crippen molar-refractivity contribution in [3.05, 3.63) is 64.1 Å². The van der Waals surface area contributed by atoms with Crippen LogP contribution < -0.4 is 10.6 Å². The van der Waals surface area contributed by atoms with Gasteiger partial charge in [-0.2, -0.15) is 0 Å². The maximum absolute atomic E-state index is 12.7. The van der Waals surface area contributed by atoms with Gasteiger partial charge < -0.3 is 10.6 Å². The van der Waals surface area contributed by atoms with Crippen LogP contribution in [-0.2, 0) is 9.59 Å². The van der Waals surface area contributed by atoms with Crippen molar-refractivity contribution in [2.45, 2.75) is 25.8 Å². The minimum Gasteiger partial charge on any atom is -0.349 e. The van der Waals surface area contributed by atoms with Crippen molar-refractivity contribution in [3.63, 3.8) is 0 Å². The summed E-state index contributed by atoms with van der Waals surface area (Å²) in [6.45, 7) is 1.89. The largest absolute Gasteiger partial charge is 0.349 e. The molecule has 6 heteroatoms. The number of nitrogens with one attached hydrogen (secondary N) is 2. The zero-order valence-electron chi connectivity index (χ0n) is 13.7. The smallest absolute Gasteiger partial charge is 0.240 e. The van der Waals surface area contributed by atoms with Gasteiger partial charge in [0.25, 0.3) is 0 Å². The van der Waals surface area contributed by atoms with Crippen LogP contribution in [0.15, 0.2) is 48.5 Å². The molecule has 2 amide bonds. The van der Waals surface area contributed by atoms with Crippen molar-refractivity contribution in [3.8, 4) is 0 Å². The third kappa shape index (κ3) is 3.65. The summed E-state index contributed by atoms with van der Waals surface area (Å²) in [5, 5.41) is 6.33. The summed E-state index contributed by atoms with van der Waals surface area (Å²) in [6, 6.07) is 14.4. The van der Waals surface area contributed by atoms with Gasteiger partial charge in [0.15, 0.2) is 0 Å². The fraction of sp³-hybridized carbons (Fsp3) is 0.263. The Labute approximate surface area is 156 Å². The van der Waals surface area contributed by atoms with E-state index >= 15 is 0 Å². The van der Waals surface area contributed by atoms with E-state index in [1.165, 1.54) is 0 Å². The fourth-order valence-corrected chi connectivity index (χ4v) is 3.18. The van der Waals surface area contributed by atoms with E-state index in [0.29, 0.717) is 28.6 Å². The molecule has 2 N–H and O–H groups in total. The SMILES string of the molecule is CC(NC(=O)C1(C(=O)Nc2c(Cl)cccc2Cl)CC1)c1ccccc1. The molecule has 25 heavy (non-hydrogen) atoms. The lowest BCUT2D eigenvalue weighted by Crippen LogP contribution is -2.41. The third-order valence-corrected chi connectivity index (χ3v) is 5.10. The first-order valence-corrected chi connectivity index (χ1v) is 8.81. The predicted molar refractivity (Wildman–Crippen MR) is 99.8 cm³/mol. The first-order valence-electron chi connectivity index (χ1n) is 8.05. The molecule has 0 heterocycles. The van der Waals surface area contributed by atoms with Gasteiger partial charge in [-0.3, -0.25) is 9.59 Å². The maximum Gasteiger partial charge on any atom is 0.240 e. The number of amides is 2. The van der Waals surface area contributed by atoms with E-state index in [9.17, 15) is 9.59 Å². The van der Waals surface area contributed by atoms with E-state index in [0.717, 1.165) is 5.56 Å². The number of hydrogen-bond acceptors (Lipinski definition) is 2. The van der Waals surface area contributed by atoms with Crippen molar-refractivity contribution >= 4 is 40.7 Å². The molecule has 1 aliphatic rings. The molecule has 2 aromatic rings. The highest BCUT2D eigenvalue weighted by molar-refractivity contribution is 6.40. The first-order chi connectivity index (χ1) is 11.9. The summed E-state index contributed by atoms with van der Waals surface area (Å²) in [4.78, 5) is 25.3. The number of anilines is 1.